The molecule has 3 rings (SSSR count). The van der Waals surface area contributed by atoms with Crippen molar-refractivity contribution in [3.8, 4) is 0 Å². The van der Waals surface area contributed by atoms with Gasteiger partial charge in [-0.15, -0.1) is 0 Å². The highest BCUT2D eigenvalue weighted by Crippen LogP contribution is 2.13. The molecule has 1 aromatic rings. The maximum absolute atomic E-state index is 12.5. The van der Waals surface area contributed by atoms with Crippen LogP contribution in [-0.4, -0.2) is 93.0 Å². The van der Waals surface area contributed by atoms with Crippen molar-refractivity contribution in [2.75, 3.05) is 59.4 Å². The predicted octanol–water partition coefficient (Wildman–Crippen LogP) is -0.207. The number of likely N-dealkylation sites (tertiary alicyclic amines) is 1. The van der Waals surface area contributed by atoms with Gasteiger partial charge in [-0.05, 0) is 25.9 Å². The van der Waals surface area contributed by atoms with Crippen LogP contribution in [-0.2, 0) is 15.8 Å². The molecule has 146 valence electrons. The van der Waals surface area contributed by atoms with Gasteiger partial charge in [0.15, 0.2) is 5.96 Å². The lowest BCUT2D eigenvalue weighted by molar-refractivity contribution is 0.258. The third kappa shape index (κ3) is 4.95. The molecule has 2 aliphatic rings. The monoisotopic (exact) mass is 384 g/mol. The number of hydrogen-bond acceptors (Lipinski definition) is 6. The molecule has 0 saturated carbocycles. The Morgan fingerprint density at radius 2 is 1.96 bits per heavy atom. The van der Waals surface area contributed by atoms with Crippen molar-refractivity contribution < 1.29 is 12.9 Å². The topological polar surface area (TPSA) is 94.3 Å². The van der Waals surface area contributed by atoms with Crippen molar-refractivity contribution in [1.82, 2.24) is 24.6 Å². The number of sulfonamides is 1. The summed E-state index contributed by atoms with van der Waals surface area (Å²) in [7, 11) is -1.60. The summed E-state index contributed by atoms with van der Waals surface area (Å²) in [6.07, 6.45) is 3.97. The zero-order valence-corrected chi connectivity index (χ0v) is 16.1. The highest BCUT2D eigenvalue weighted by atomic mass is 32.2. The Morgan fingerprint density at radius 1 is 1.23 bits per heavy atom. The number of rotatable bonds is 6. The zero-order chi connectivity index (χ0) is 18.4. The van der Waals surface area contributed by atoms with E-state index in [9.17, 15) is 8.42 Å². The Kier molecular flexibility index (Phi) is 6.49. The minimum Gasteiger partial charge on any atom is -0.364 e. The van der Waals surface area contributed by atoms with Crippen molar-refractivity contribution in [3.63, 3.8) is 0 Å². The van der Waals surface area contributed by atoms with Crippen LogP contribution in [0.1, 0.15) is 18.5 Å². The summed E-state index contributed by atoms with van der Waals surface area (Å²) < 4.78 is 31.2. The third-order valence-electron chi connectivity index (χ3n) is 4.87. The Bertz CT molecular complexity index is 677. The largest absolute Gasteiger partial charge is 0.364 e. The van der Waals surface area contributed by atoms with Gasteiger partial charge in [0.1, 0.15) is 12.0 Å². The average Bonchev–Trinajstić information content (AvgIpc) is 3.33. The molecule has 10 heteroatoms. The molecule has 2 saturated heterocycles. The Hall–Kier alpha value is -1.65. The molecule has 0 aliphatic carbocycles. The fourth-order valence-electron chi connectivity index (χ4n) is 3.43. The average molecular weight is 385 g/mol. The molecular weight excluding hydrogens is 356 g/mol. The molecule has 1 N–H and O–H groups in total. The van der Waals surface area contributed by atoms with E-state index in [-0.39, 0.29) is 5.75 Å². The van der Waals surface area contributed by atoms with Crippen LogP contribution in [0.3, 0.4) is 0 Å². The van der Waals surface area contributed by atoms with Crippen molar-refractivity contribution in [1.29, 1.82) is 0 Å². The summed E-state index contributed by atoms with van der Waals surface area (Å²) in [5.74, 6) is 0.726. The number of nitrogens with zero attached hydrogens (tertiary/aromatic N) is 5. The van der Waals surface area contributed by atoms with Crippen molar-refractivity contribution in [2.45, 2.75) is 18.6 Å². The first-order valence-corrected chi connectivity index (χ1v) is 10.7. The van der Waals surface area contributed by atoms with Gasteiger partial charge in [0.05, 0.1) is 5.69 Å². The van der Waals surface area contributed by atoms with Gasteiger partial charge in [-0.25, -0.2) is 8.42 Å². The molecule has 9 nitrogen and oxygen atoms in total. The first kappa shape index (κ1) is 19.1. The lowest BCUT2D eigenvalue weighted by Crippen LogP contribution is -2.54. The minimum absolute atomic E-state index is 0.119. The second kappa shape index (κ2) is 8.83. The van der Waals surface area contributed by atoms with Crippen molar-refractivity contribution in [3.05, 3.63) is 18.0 Å². The van der Waals surface area contributed by atoms with Gasteiger partial charge in [0, 0.05) is 52.4 Å². The normalized spacial score (nSPS) is 20.7. The smallest absolute Gasteiger partial charge is 0.220 e. The summed E-state index contributed by atoms with van der Waals surface area (Å²) in [4.78, 5) is 8.92. The van der Waals surface area contributed by atoms with Crippen molar-refractivity contribution in [2.24, 2.45) is 4.99 Å². The maximum atomic E-state index is 12.5. The maximum Gasteiger partial charge on any atom is 0.220 e. The molecular formula is C16H28N6O3S. The molecule has 0 amide bonds. The highest BCUT2D eigenvalue weighted by molar-refractivity contribution is 7.88. The third-order valence-corrected chi connectivity index (χ3v) is 6.69. The standard InChI is InChI=1S/C16H28N6O3S/c1-17-16(18-5-8-20-6-2-3-7-20)21-9-11-22(12-10-21)26(23,24)14-15-4-13-25-19-15/h4,13H,2-3,5-12,14H2,1H3,(H,17,18). The summed E-state index contributed by atoms with van der Waals surface area (Å²) in [6, 6.07) is 1.58. The van der Waals surface area contributed by atoms with Crippen LogP contribution in [0.15, 0.2) is 21.8 Å². The van der Waals surface area contributed by atoms with E-state index < -0.39 is 10.0 Å². The van der Waals surface area contributed by atoms with E-state index in [0.29, 0.717) is 31.9 Å². The number of hydrogen-bond donors (Lipinski definition) is 1. The zero-order valence-electron chi connectivity index (χ0n) is 15.3. The molecule has 1 aromatic heterocycles. The van der Waals surface area contributed by atoms with Gasteiger partial charge < -0.3 is 19.6 Å². The molecule has 26 heavy (non-hydrogen) atoms. The van der Waals surface area contributed by atoms with Crippen LogP contribution in [0.25, 0.3) is 0 Å². The lowest BCUT2D eigenvalue weighted by atomic mass is 10.4. The number of piperazine rings is 1. The summed E-state index contributed by atoms with van der Waals surface area (Å²) in [5, 5.41) is 7.09. The van der Waals surface area contributed by atoms with E-state index in [1.165, 1.54) is 36.5 Å². The Labute approximate surface area is 155 Å². The SMILES string of the molecule is CN=C(NCCN1CCCC1)N1CCN(S(=O)(=O)Cc2ccon2)CC1. The molecule has 2 aliphatic heterocycles. The Balaban J connectivity index is 1.45. The van der Waals surface area contributed by atoms with Gasteiger partial charge in [0.25, 0.3) is 0 Å². The highest BCUT2D eigenvalue weighted by Gasteiger charge is 2.29. The van der Waals surface area contributed by atoms with Crippen LogP contribution in [0.2, 0.25) is 0 Å². The minimum atomic E-state index is -3.37. The molecule has 0 spiro atoms. The summed E-state index contributed by atoms with van der Waals surface area (Å²) in [5.41, 5.74) is 0.437. The van der Waals surface area contributed by atoms with Gasteiger partial charge in [-0.1, -0.05) is 5.16 Å². The molecule has 2 fully saturated rings. The lowest BCUT2D eigenvalue weighted by Gasteiger charge is -2.35. The first-order chi connectivity index (χ1) is 12.6. The molecule has 3 heterocycles. The number of aromatic nitrogens is 1. The van der Waals surface area contributed by atoms with Crippen LogP contribution in [0, 0.1) is 0 Å². The first-order valence-electron chi connectivity index (χ1n) is 9.13. The fraction of sp³-hybridized carbons (Fsp3) is 0.750. The van der Waals surface area contributed by atoms with Crippen LogP contribution in [0.5, 0.6) is 0 Å². The van der Waals surface area contributed by atoms with Crippen LogP contribution in [0.4, 0.5) is 0 Å². The fourth-order valence-corrected chi connectivity index (χ4v) is 4.86. The molecule has 0 unspecified atom stereocenters. The van der Waals surface area contributed by atoms with Crippen molar-refractivity contribution >= 4 is 16.0 Å². The Morgan fingerprint density at radius 3 is 2.58 bits per heavy atom. The quantitative estimate of drug-likeness (QED) is 0.536. The number of guanidine groups is 1. The molecule has 0 radical (unpaired) electrons. The van der Waals surface area contributed by atoms with Gasteiger partial charge in [-0.3, -0.25) is 4.99 Å². The van der Waals surface area contributed by atoms with E-state index in [4.69, 9.17) is 4.52 Å². The van der Waals surface area contributed by atoms with E-state index in [0.717, 1.165) is 19.0 Å². The number of nitrogens with one attached hydrogen (secondary N) is 1. The van der Waals surface area contributed by atoms with E-state index >= 15 is 0 Å². The van der Waals surface area contributed by atoms with Crippen LogP contribution < -0.4 is 5.32 Å². The van der Waals surface area contributed by atoms with E-state index in [2.05, 4.69) is 25.3 Å². The molecule has 0 aromatic carbocycles. The summed E-state index contributed by atoms with van der Waals surface area (Å²) in [6.45, 7) is 6.40. The van der Waals surface area contributed by atoms with Gasteiger partial charge >= 0.3 is 0 Å². The second-order valence-corrected chi connectivity index (χ2v) is 8.62. The van der Waals surface area contributed by atoms with Gasteiger partial charge in [0.2, 0.25) is 10.0 Å². The van der Waals surface area contributed by atoms with E-state index in [1.807, 2.05) is 0 Å². The van der Waals surface area contributed by atoms with E-state index in [1.54, 1.807) is 13.1 Å². The van der Waals surface area contributed by atoms with Crippen LogP contribution >= 0.6 is 0 Å². The summed E-state index contributed by atoms with van der Waals surface area (Å²) >= 11 is 0. The molecule has 0 atom stereocenters. The second-order valence-electron chi connectivity index (χ2n) is 6.66. The molecule has 0 bridgehead atoms. The predicted molar refractivity (Wildman–Crippen MR) is 99.3 cm³/mol. The number of aliphatic imine (C=N–C) groups is 1. The van der Waals surface area contributed by atoms with Gasteiger partial charge in [-0.2, -0.15) is 4.31 Å².